The van der Waals surface area contributed by atoms with Crippen LogP contribution < -0.4 is 11.1 Å². The Morgan fingerprint density at radius 3 is 2.27 bits per heavy atom. The largest absolute Gasteiger partial charge is 0.336 e. The van der Waals surface area contributed by atoms with E-state index in [-0.39, 0.29) is 17.6 Å². The summed E-state index contributed by atoms with van der Waals surface area (Å²) in [6, 6.07) is 0.132. The minimum Gasteiger partial charge on any atom is -0.336 e. The third kappa shape index (κ3) is 3.70. The maximum absolute atomic E-state index is 11.9. The van der Waals surface area contributed by atoms with E-state index < -0.39 is 0 Å². The molecule has 4 heteroatoms. The second-order valence-electron chi connectivity index (χ2n) is 4.40. The standard InChI is InChI=1S/C11H25N3O/c1-6-11(5,8-12)14(7-2)10(15)13-9(3)4/h9H,6-8,12H2,1-5H3,(H,13,15). The van der Waals surface area contributed by atoms with Crippen LogP contribution in [0.5, 0.6) is 0 Å². The molecule has 0 radical (unpaired) electrons. The highest BCUT2D eigenvalue weighted by Gasteiger charge is 2.31. The highest BCUT2D eigenvalue weighted by Crippen LogP contribution is 2.17. The third-order valence-corrected chi connectivity index (χ3v) is 2.83. The lowest BCUT2D eigenvalue weighted by atomic mass is 9.97. The van der Waals surface area contributed by atoms with Gasteiger partial charge in [-0.05, 0) is 34.1 Å². The van der Waals surface area contributed by atoms with Crippen molar-refractivity contribution >= 4 is 6.03 Å². The molecule has 0 aromatic carbocycles. The summed E-state index contributed by atoms with van der Waals surface area (Å²) in [4.78, 5) is 13.7. The summed E-state index contributed by atoms with van der Waals surface area (Å²) in [5.74, 6) is 0. The maximum Gasteiger partial charge on any atom is 0.318 e. The van der Waals surface area contributed by atoms with Crippen molar-refractivity contribution in [2.75, 3.05) is 13.1 Å². The van der Waals surface area contributed by atoms with Crippen LogP contribution in [0.1, 0.15) is 41.0 Å². The molecule has 0 aliphatic rings. The number of nitrogens with two attached hydrogens (primary N) is 1. The average Bonchev–Trinajstić information content (AvgIpc) is 2.17. The molecule has 0 spiro atoms. The average molecular weight is 215 g/mol. The van der Waals surface area contributed by atoms with Crippen LogP contribution in [-0.2, 0) is 0 Å². The van der Waals surface area contributed by atoms with Gasteiger partial charge in [0.2, 0.25) is 0 Å². The summed E-state index contributed by atoms with van der Waals surface area (Å²) < 4.78 is 0. The molecule has 0 aliphatic carbocycles. The van der Waals surface area contributed by atoms with Crippen LogP contribution in [-0.4, -0.2) is 35.6 Å². The number of likely N-dealkylation sites (N-methyl/N-ethyl adjacent to an activating group) is 1. The third-order valence-electron chi connectivity index (χ3n) is 2.83. The summed E-state index contributed by atoms with van der Waals surface area (Å²) in [6.07, 6.45) is 0.864. The number of carbonyl (C=O) groups is 1. The minimum absolute atomic E-state index is 0.0256. The molecule has 0 aromatic heterocycles. The normalized spacial score (nSPS) is 14.9. The number of rotatable bonds is 5. The van der Waals surface area contributed by atoms with Crippen LogP contribution in [0.2, 0.25) is 0 Å². The van der Waals surface area contributed by atoms with Crippen LogP contribution in [0.4, 0.5) is 4.79 Å². The van der Waals surface area contributed by atoms with Crippen molar-refractivity contribution < 1.29 is 4.79 Å². The predicted molar refractivity (Wildman–Crippen MR) is 63.8 cm³/mol. The quantitative estimate of drug-likeness (QED) is 0.731. The van der Waals surface area contributed by atoms with Crippen LogP contribution in [0.15, 0.2) is 0 Å². The fraction of sp³-hybridized carbons (Fsp3) is 0.909. The number of nitrogens with one attached hydrogen (secondary N) is 1. The fourth-order valence-corrected chi connectivity index (χ4v) is 1.54. The van der Waals surface area contributed by atoms with E-state index in [9.17, 15) is 4.79 Å². The molecule has 0 bridgehead atoms. The monoisotopic (exact) mass is 215 g/mol. The number of urea groups is 1. The zero-order valence-corrected chi connectivity index (χ0v) is 10.6. The van der Waals surface area contributed by atoms with Gasteiger partial charge in [-0.25, -0.2) is 4.79 Å². The first-order chi connectivity index (χ1) is 6.91. The highest BCUT2D eigenvalue weighted by molar-refractivity contribution is 5.75. The van der Waals surface area contributed by atoms with Gasteiger partial charge >= 0.3 is 6.03 Å². The Morgan fingerprint density at radius 1 is 1.47 bits per heavy atom. The lowest BCUT2D eigenvalue weighted by molar-refractivity contribution is 0.127. The Morgan fingerprint density at radius 2 is 2.00 bits per heavy atom. The van der Waals surface area contributed by atoms with Gasteiger partial charge in [-0.1, -0.05) is 6.92 Å². The smallest absolute Gasteiger partial charge is 0.318 e. The molecule has 0 rings (SSSR count). The lowest BCUT2D eigenvalue weighted by Gasteiger charge is -2.39. The van der Waals surface area contributed by atoms with Crippen molar-refractivity contribution in [3.05, 3.63) is 0 Å². The van der Waals surface area contributed by atoms with Crippen LogP contribution in [0.3, 0.4) is 0 Å². The number of hydrogen-bond acceptors (Lipinski definition) is 2. The summed E-state index contributed by atoms with van der Waals surface area (Å²) in [7, 11) is 0. The molecular weight excluding hydrogens is 190 g/mol. The van der Waals surface area contributed by atoms with E-state index in [1.807, 2.05) is 32.6 Å². The fourth-order valence-electron chi connectivity index (χ4n) is 1.54. The molecule has 0 saturated heterocycles. The maximum atomic E-state index is 11.9. The molecule has 4 nitrogen and oxygen atoms in total. The van der Waals surface area contributed by atoms with Crippen molar-refractivity contribution in [2.24, 2.45) is 5.73 Å². The Hall–Kier alpha value is -0.770. The van der Waals surface area contributed by atoms with Crippen molar-refractivity contribution in [3.63, 3.8) is 0 Å². The molecule has 90 valence electrons. The van der Waals surface area contributed by atoms with Gasteiger partial charge in [-0.15, -0.1) is 0 Å². The highest BCUT2D eigenvalue weighted by atomic mass is 16.2. The first-order valence-corrected chi connectivity index (χ1v) is 5.69. The van der Waals surface area contributed by atoms with Crippen molar-refractivity contribution in [1.82, 2.24) is 10.2 Å². The van der Waals surface area contributed by atoms with Gasteiger partial charge in [-0.2, -0.15) is 0 Å². The van der Waals surface area contributed by atoms with Gasteiger partial charge < -0.3 is 16.0 Å². The molecule has 1 atom stereocenters. The van der Waals surface area contributed by atoms with E-state index in [1.54, 1.807) is 0 Å². The minimum atomic E-state index is -0.242. The van der Waals surface area contributed by atoms with E-state index in [1.165, 1.54) is 0 Å². The molecule has 0 aromatic rings. The molecule has 2 amide bonds. The van der Waals surface area contributed by atoms with Crippen molar-refractivity contribution in [1.29, 1.82) is 0 Å². The summed E-state index contributed by atoms with van der Waals surface area (Å²) in [5.41, 5.74) is 5.50. The van der Waals surface area contributed by atoms with Gasteiger partial charge in [0.15, 0.2) is 0 Å². The molecule has 0 heterocycles. The molecule has 1 unspecified atom stereocenters. The van der Waals surface area contributed by atoms with Crippen LogP contribution >= 0.6 is 0 Å². The van der Waals surface area contributed by atoms with E-state index in [4.69, 9.17) is 5.73 Å². The van der Waals surface area contributed by atoms with E-state index in [2.05, 4.69) is 12.2 Å². The van der Waals surface area contributed by atoms with Crippen LogP contribution in [0.25, 0.3) is 0 Å². The number of amides is 2. The van der Waals surface area contributed by atoms with Gasteiger partial charge in [0.05, 0.1) is 5.54 Å². The molecule has 0 saturated carbocycles. The molecule has 0 fully saturated rings. The zero-order valence-electron chi connectivity index (χ0n) is 10.6. The van der Waals surface area contributed by atoms with E-state index in [0.29, 0.717) is 13.1 Å². The summed E-state index contributed by atoms with van der Waals surface area (Å²) >= 11 is 0. The molecule has 0 aliphatic heterocycles. The molecule has 3 N–H and O–H groups in total. The molecular formula is C11H25N3O. The van der Waals surface area contributed by atoms with Gasteiger partial charge in [0.1, 0.15) is 0 Å². The van der Waals surface area contributed by atoms with Crippen molar-refractivity contribution in [2.45, 2.75) is 52.6 Å². The first-order valence-electron chi connectivity index (χ1n) is 5.69. The second-order valence-corrected chi connectivity index (χ2v) is 4.40. The topological polar surface area (TPSA) is 58.4 Å². The number of nitrogens with zero attached hydrogens (tertiary/aromatic N) is 1. The van der Waals surface area contributed by atoms with E-state index in [0.717, 1.165) is 6.42 Å². The van der Waals surface area contributed by atoms with Crippen molar-refractivity contribution in [3.8, 4) is 0 Å². The Balaban J connectivity index is 4.66. The summed E-state index contributed by atoms with van der Waals surface area (Å²) in [6.45, 7) is 11.1. The first kappa shape index (κ1) is 14.2. The second kappa shape index (κ2) is 5.95. The van der Waals surface area contributed by atoms with E-state index >= 15 is 0 Å². The van der Waals surface area contributed by atoms with Gasteiger partial charge in [-0.3, -0.25) is 0 Å². The number of carbonyl (C=O) groups excluding carboxylic acids is 1. The van der Waals surface area contributed by atoms with Gasteiger partial charge in [0, 0.05) is 19.1 Å². The molecule has 15 heavy (non-hydrogen) atoms. The lowest BCUT2D eigenvalue weighted by Crippen LogP contribution is -2.57. The van der Waals surface area contributed by atoms with Gasteiger partial charge in [0.25, 0.3) is 0 Å². The van der Waals surface area contributed by atoms with Crippen LogP contribution in [0, 0.1) is 0 Å². The Bertz CT molecular complexity index is 200. The predicted octanol–water partition coefficient (Wildman–Crippen LogP) is 1.55. The Kier molecular flexibility index (Phi) is 5.65. The number of hydrogen-bond donors (Lipinski definition) is 2. The SMILES string of the molecule is CCN(C(=O)NC(C)C)C(C)(CC)CN. The zero-order chi connectivity index (χ0) is 12.1. The summed E-state index contributed by atoms with van der Waals surface area (Å²) in [5, 5.41) is 2.90. The Labute approximate surface area is 93.2 Å².